The van der Waals surface area contributed by atoms with Gasteiger partial charge in [-0.2, -0.15) is 0 Å². The van der Waals surface area contributed by atoms with E-state index in [0.29, 0.717) is 6.42 Å². The summed E-state index contributed by atoms with van der Waals surface area (Å²) in [6.45, 7) is 5.57. The predicted molar refractivity (Wildman–Crippen MR) is 75.6 cm³/mol. The van der Waals surface area contributed by atoms with Crippen molar-refractivity contribution in [2.75, 3.05) is 6.54 Å². The molecule has 0 spiro atoms. The van der Waals surface area contributed by atoms with Crippen molar-refractivity contribution in [3.05, 3.63) is 35.6 Å². The fourth-order valence-electron chi connectivity index (χ4n) is 1.68. The van der Waals surface area contributed by atoms with Crippen LogP contribution in [0.25, 0.3) is 0 Å². The highest BCUT2D eigenvalue weighted by atomic mass is 19.1. The maximum Gasteiger partial charge on any atom is 0.239 e. The van der Waals surface area contributed by atoms with E-state index < -0.39 is 0 Å². The van der Waals surface area contributed by atoms with Crippen LogP contribution < -0.4 is 10.6 Å². The monoisotopic (exact) mass is 280 g/mol. The molecule has 0 heterocycles. The molecule has 1 rings (SSSR count). The first-order chi connectivity index (χ1) is 9.26. The standard InChI is InChI=1S/C15H21FN2O2/c1-15(2,3)18-14(20)10-17-13(19)8-7-11-5-4-6-12(16)9-11/h4-6,9H,7-8,10H2,1-3H3,(H,17,19)(H,18,20). The molecule has 1 aromatic carbocycles. The number of halogens is 1. The molecule has 5 heteroatoms. The van der Waals surface area contributed by atoms with Gasteiger partial charge in [0.05, 0.1) is 6.54 Å². The van der Waals surface area contributed by atoms with Gasteiger partial charge in [0.1, 0.15) is 5.82 Å². The third-order valence-corrected chi connectivity index (χ3v) is 2.49. The summed E-state index contributed by atoms with van der Waals surface area (Å²) in [5.41, 5.74) is 0.447. The second-order valence-corrected chi connectivity index (χ2v) is 5.70. The third kappa shape index (κ3) is 6.87. The number of nitrogens with one attached hydrogen (secondary N) is 2. The number of amides is 2. The normalized spacial score (nSPS) is 11.0. The smallest absolute Gasteiger partial charge is 0.239 e. The molecule has 0 unspecified atom stereocenters. The number of aryl methyl sites for hydroxylation is 1. The van der Waals surface area contributed by atoms with Gasteiger partial charge in [-0.3, -0.25) is 9.59 Å². The Morgan fingerprint density at radius 2 is 1.90 bits per heavy atom. The summed E-state index contributed by atoms with van der Waals surface area (Å²) >= 11 is 0. The first kappa shape index (κ1) is 16.1. The molecule has 4 nitrogen and oxygen atoms in total. The number of carbonyl (C=O) groups is 2. The Kier molecular flexibility index (Phi) is 5.67. The van der Waals surface area contributed by atoms with E-state index in [-0.39, 0.29) is 36.1 Å². The zero-order valence-electron chi connectivity index (χ0n) is 12.1. The molecule has 0 radical (unpaired) electrons. The molecular formula is C15H21FN2O2. The SMILES string of the molecule is CC(C)(C)NC(=O)CNC(=O)CCc1cccc(F)c1. The van der Waals surface area contributed by atoms with Crippen molar-refractivity contribution in [2.24, 2.45) is 0 Å². The van der Waals surface area contributed by atoms with Crippen molar-refractivity contribution in [2.45, 2.75) is 39.2 Å². The van der Waals surface area contributed by atoms with Crippen LogP contribution in [-0.4, -0.2) is 23.9 Å². The summed E-state index contributed by atoms with van der Waals surface area (Å²) in [6.07, 6.45) is 0.677. The minimum atomic E-state index is -0.316. The van der Waals surface area contributed by atoms with E-state index >= 15 is 0 Å². The molecule has 2 N–H and O–H groups in total. The Hall–Kier alpha value is -1.91. The van der Waals surface area contributed by atoms with Gasteiger partial charge in [0.15, 0.2) is 0 Å². The molecule has 110 valence electrons. The lowest BCUT2D eigenvalue weighted by Crippen LogP contribution is -2.45. The average Bonchev–Trinajstić information content (AvgIpc) is 2.32. The summed E-state index contributed by atoms with van der Waals surface area (Å²) in [4.78, 5) is 23.1. The molecule has 0 saturated carbocycles. The van der Waals surface area contributed by atoms with Gasteiger partial charge in [-0.25, -0.2) is 4.39 Å². The van der Waals surface area contributed by atoms with Crippen LogP contribution in [0.3, 0.4) is 0 Å². The molecule has 0 aliphatic rings. The second-order valence-electron chi connectivity index (χ2n) is 5.70. The van der Waals surface area contributed by atoms with Gasteiger partial charge >= 0.3 is 0 Å². The average molecular weight is 280 g/mol. The van der Waals surface area contributed by atoms with Gasteiger partial charge in [0.25, 0.3) is 0 Å². The van der Waals surface area contributed by atoms with Gasteiger partial charge < -0.3 is 10.6 Å². The molecular weight excluding hydrogens is 259 g/mol. The molecule has 0 aliphatic carbocycles. The summed E-state index contributed by atoms with van der Waals surface area (Å²) in [5.74, 6) is -0.762. The Morgan fingerprint density at radius 1 is 1.20 bits per heavy atom. The fraction of sp³-hybridized carbons (Fsp3) is 0.467. The van der Waals surface area contributed by atoms with Gasteiger partial charge in [-0.05, 0) is 44.9 Å². The highest BCUT2D eigenvalue weighted by Gasteiger charge is 2.14. The highest BCUT2D eigenvalue weighted by Crippen LogP contribution is 2.06. The van der Waals surface area contributed by atoms with Crippen molar-refractivity contribution >= 4 is 11.8 Å². The first-order valence-corrected chi connectivity index (χ1v) is 6.58. The van der Waals surface area contributed by atoms with E-state index in [1.54, 1.807) is 12.1 Å². The Bertz CT molecular complexity index is 481. The summed E-state index contributed by atoms with van der Waals surface area (Å²) in [7, 11) is 0. The highest BCUT2D eigenvalue weighted by molar-refractivity contribution is 5.85. The lowest BCUT2D eigenvalue weighted by molar-refractivity contribution is -0.126. The van der Waals surface area contributed by atoms with Crippen molar-refractivity contribution in [1.29, 1.82) is 0 Å². The fourth-order valence-corrected chi connectivity index (χ4v) is 1.68. The molecule has 0 bridgehead atoms. The maximum atomic E-state index is 12.9. The number of hydrogen-bond donors (Lipinski definition) is 2. The van der Waals surface area contributed by atoms with Crippen LogP contribution in [0.2, 0.25) is 0 Å². The van der Waals surface area contributed by atoms with E-state index in [2.05, 4.69) is 10.6 Å². The number of carbonyl (C=O) groups excluding carboxylic acids is 2. The van der Waals surface area contributed by atoms with Crippen molar-refractivity contribution < 1.29 is 14.0 Å². The minimum absolute atomic E-state index is 0.0424. The van der Waals surface area contributed by atoms with Gasteiger partial charge in [0.2, 0.25) is 11.8 Å². The lowest BCUT2D eigenvalue weighted by Gasteiger charge is -2.20. The molecule has 1 aromatic rings. The van der Waals surface area contributed by atoms with Crippen LogP contribution in [0.4, 0.5) is 4.39 Å². The van der Waals surface area contributed by atoms with E-state index in [1.165, 1.54) is 12.1 Å². The summed E-state index contributed by atoms with van der Waals surface area (Å²) in [5, 5.41) is 5.30. The van der Waals surface area contributed by atoms with Crippen LogP contribution in [0.5, 0.6) is 0 Å². The molecule has 0 aliphatic heterocycles. The third-order valence-electron chi connectivity index (χ3n) is 2.49. The van der Waals surface area contributed by atoms with Crippen LogP contribution in [0.15, 0.2) is 24.3 Å². The summed E-state index contributed by atoms with van der Waals surface area (Å²) in [6, 6.07) is 6.14. The second kappa shape index (κ2) is 7.03. The Morgan fingerprint density at radius 3 is 2.50 bits per heavy atom. The van der Waals surface area contributed by atoms with E-state index in [0.717, 1.165) is 5.56 Å². The van der Waals surface area contributed by atoms with E-state index in [1.807, 2.05) is 20.8 Å². The maximum absolute atomic E-state index is 12.9. The molecule has 2 amide bonds. The molecule has 0 aromatic heterocycles. The topological polar surface area (TPSA) is 58.2 Å². The molecule has 0 saturated heterocycles. The zero-order valence-corrected chi connectivity index (χ0v) is 12.1. The molecule has 20 heavy (non-hydrogen) atoms. The summed E-state index contributed by atoms with van der Waals surface area (Å²) < 4.78 is 12.9. The number of rotatable bonds is 5. The zero-order chi connectivity index (χ0) is 15.2. The number of benzene rings is 1. The van der Waals surface area contributed by atoms with Crippen LogP contribution >= 0.6 is 0 Å². The Balaban J connectivity index is 2.29. The van der Waals surface area contributed by atoms with Crippen molar-refractivity contribution in [3.63, 3.8) is 0 Å². The van der Waals surface area contributed by atoms with Crippen molar-refractivity contribution in [3.8, 4) is 0 Å². The molecule has 0 fully saturated rings. The van der Waals surface area contributed by atoms with Gasteiger partial charge in [-0.1, -0.05) is 12.1 Å². The minimum Gasteiger partial charge on any atom is -0.350 e. The van der Waals surface area contributed by atoms with E-state index in [4.69, 9.17) is 0 Å². The quantitative estimate of drug-likeness (QED) is 0.864. The lowest BCUT2D eigenvalue weighted by atomic mass is 10.1. The number of hydrogen-bond acceptors (Lipinski definition) is 2. The van der Waals surface area contributed by atoms with E-state index in [9.17, 15) is 14.0 Å². The van der Waals surface area contributed by atoms with Crippen LogP contribution in [-0.2, 0) is 16.0 Å². The van der Waals surface area contributed by atoms with Crippen molar-refractivity contribution in [1.82, 2.24) is 10.6 Å². The predicted octanol–water partition coefficient (Wildman–Crippen LogP) is 1.79. The van der Waals surface area contributed by atoms with Crippen LogP contribution in [0, 0.1) is 5.82 Å². The van der Waals surface area contributed by atoms with Gasteiger partial charge in [0, 0.05) is 12.0 Å². The largest absolute Gasteiger partial charge is 0.350 e. The first-order valence-electron chi connectivity index (χ1n) is 6.58. The Labute approximate surface area is 118 Å². The van der Waals surface area contributed by atoms with Gasteiger partial charge in [-0.15, -0.1) is 0 Å². The van der Waals surface area contributed by atoms with Crippen LogP contribution in [0.1, 0.15) is 32.8 Å². The molecule has 0 atom stereocenters.